The second-order valence-electron chi connectivity index (χ2n) is 3.39. The van der Waals surface area contributed by atoms with Crippen LogP contribution in [0, 0.1) is 28.6 Å². The summed E-state index contributed by atoms with van der Waals surface area (Å²) in [6.45, 7) is 0. The number of rotatable bonds is 2. The molecule has 2 unspecified atom stereocenters. The quantitative estimate of drug-likeness (QED) is 0.730. The molecule has 74 valence electrons. The summed E-state index contributed by atoms with van der Waals surface area (Å²) in [5, 5.41) is 17.3. The Hall–Kier alpha value is -0.320. The molecule has 0 heterocycles. The minimum absolute atomic E-state index is 0.340. The number of nitrogens with zero attached hydrogens (tertiary/aromatic N) is 2. The van der Waals surface area contributed by atoms with Crippen molar-refractivity contribution < 1.29 is 0 Å². The lowest BCUT2D eigenvalue weighted by Crippen LogP contribution is -2.20. The van der Waals surface area contributed by atoms with E-state index >= 15 is 0 Å². The number of hydrogen-bond acceptors (Lipinski definition) is 2. The predicted molar refractivity (Wildman–Crippen MR) is 61.9 cm³/mol. The standard InChI is InChI=1S/C10H10Br2N2/c11-9-6-8(2-4-14)10(12)5-7(9)1-3-13/h7,9H,1-2,5-6H2. The van der Waals surface area contributed by atoms with Crippen LogP contribution < -0.4 is 0 Å². The summed E-state index contributed by atoms with van der Waals surface area (Å²) in [6.07, 6.45) is 2.81. The minimum Gasteiger partial charge on any atom is -0.198 e. The predicted octanol–water partition coefficient (Wildman–Crippen LogP) is 3.64. The normalized spacial score (nSPS) is 26.9. The Balaban J connectivity index is 2.72. The molecule has 1 rings (SSSR count). The highest BCUT2D eigenvalue weighted by Crippen LogP contribution is 2.39. The topological polar surface area (TPSA) is 47.6 Å². The molecule has 2 nitrogen and oxygen atoms in total. The maximum atomic E-state index is 8.64. The summed E-state index contributed by atoms with van der Waals surface area (Å²) in [4.78, 5) is 0.340. The molecule has 0 radical (unpaired) electrons. The molecule has 0 spiro atoms. The minimum atomic E-state index is 0.340. The molecule has 4 heteroatoms. The number of alkyl halides is 1. The van der Waals surface area contributed by atoms with Gasteiger partial charge in [0, 0.05) is 11.2 Å². The van der Waals surface area contributed by atoms with Crippen molar-refractivity contribution in [2.75, 3.05) is 0 Å². The third-order valence-corrected chi connectivity index (χ3v) is 4.38. The molecule has 0 aliphatic heterocycles. The molecule has 0 amide bonds. The van der Waals surface area contributed by atoms with Crippen LogP contribution >= 0.6 is 31.9 Å². The first kappa shape index (κ1) is 11.8. The SMILES string of the molecule is N#CCC1=C(Br)CC(CC#N)C(Br)C1. The van der Waals surface area contributed by atoms with Crippen LogP contribution in [0.1, 0.15) is 25.7 Å². The van der Waals surface area contributed by atoms with E-state index < -0.39 is 0 Å². The summed E-state index contributed by atoms with van der Waals surface area (Å²) < 4.78 is 1.12. The highest BCUT2D eigenvalue weighted by molar-refractivity contribution is 9.11. The molecule has 0 aromatic carbocycles. The van der Waals surface area contributed by atoms with Gasteiger partial charge in [0.2, 0.25) is 0 Å². The van der Waals surface area contributed by atoms with Crippen molar-refractivity contribution in [1.29, 1.82) is 10.5 Å². The molecular weight excluding hydrogens is 308 g/mol. The molecule has 2 atom stereocenters. The molecule has 0 N–H and O–H groups in total. The van der Waals surface area contributed by atoms with E-state index in [1.807, 2.05) is 0 Å². The summed E-state index contributed by atoms with van der Waals surface area (Å²) in [5.74, 6) is 0.372. The average Bonchev–Trinajstić information content (AvgIpc) is 2.14. The van der Waals surface area contributed by atoms with Gasteiger partial charge in [-0.05, 0) is 28.8 Å². The van der Waals surface area contributed by atoms with Gasteiger partial charge in [-0.1, -0.05) is 31.9 Å². The fourth-order valence-corrected chi connectivity index (χ4v) is 3.08. The lowest BCUT2D eigenvalue weighted by Gasteiger charge is -2.27. The van der Waals surface area contributed by atoms with Gasteiger partial charge in [0.1, 0.15) is 0 Å². The van der Waals surface area contributed by atoms with Crippen LogP contribution in [0.4, 0.5) is 0 Å². The third-order valence-electron chi connectivity index (χ3n) is 2.42. The largest absolute Gasteiger partial charge is 0.198 e. The van der Waals surface area contributed by atoms with Gasteiger partial charge in [-0.15, -0.1) is 0 Å². The Morgan fingerprint density at radius 3 is 2.57 bits per heavy atom. The first-order valence-electron chi connectivity index (χ1n) is 4.43. The molecule has 14 heavy (non-hydrogen) atoms. The third kappa shape index (κ3) is 2.83. The van der Waals surface area contributed by atoms with Crippen LogP contribution in [0.3, 0.4) is 0 Å². The number of halogens is 2. The van der Waals surface area contributed by atoms with E-state index in [4.69, 9.17) is 10.5 Å². The Bertz CT molecular complexity index is 322. The zero-order chi connectivity index (χ0) is 10.6. The van der Waals surface area contributed by atoms with Gasteiger partial charge in [0.15, 0.2) is 0 Å². The Morgan fingerprint density at radius 2 is 2.00 bits per heavy atom. The molecule has 0 bridgehead atoms. The lowest BCUT2D eigenvalue weighted by atomic mass is 9.87. The summed E-state index contributed by atoms with van der Waals surface area (Å²) in [6, 6.07) is 4.36. The second kappa shape index (κ2) is 5.53. The van der Waals surface area contributed by atoms with E-state index in [0.717, 1.165) is 17.3 Å². The van der Waals surface area contributed by atoms with E-state index in [9.17, 15) is 0 Å². The van der Waals surface area contributed by atoms with Crippen LogP contribution in [0.5, 0.6) is 0 Å². The Kier molecular flexibility index (Phi) is 4.65. The Labute approximate surface area is 101 Å². The fourth-order valence-electron chi connectivity index (χ4n) is 1.60. The first-order valence-corrected chi connectivity index (χ1v) is 6.14. The van der Waals surface area contributed by atoms with Crippen molar-refractivity contribution in [2.24, 2.45) is 5.92 Å². The molecular formula is C10H10Br2N2. The van der Waals surface area contributed by atoms with Gasteiger partial charge in [-0.2, -0.15) is 10.5 Å². The van der Waals surface area contributed by atoms with Crippen molar-refractivity contribution in [2.45, 2.75) is 30.5 Å². The molecule has 1 aliphatic rings. The number of allylic oxidation sites excluding steroid dienone is 2. The first-order chi connectivity index (χ1) is 6.69. The van der Waals surface area contributed by atoms with Crippen molar-refractivity contribution in [3.8, 4) is 12.1 Å². The van der Waals surface area contributed by atoms with E-state index in [1.165, 1.54) is 5.57 Å². The van der Waals surface area contributed by atoms with Gasteiger partial charge < -0.3 is 0 Å². The van der Waals surface area contributed by atoms with Crippen molar-refractivity contribution in [3.63, 3.8) is 0 Å². The van der Waals surface area contributed by atoms with E-state index in [-0.39, 0.29) is 0 Å². The Morgan fingerprint density at radius 1 is 1.29 bits per heavy atom. The van der Waals surface area contributed by atoms with Gasteiger partial charge in [-0.3, -0.25) is 0 Å². The number of hydrogen-bond donors (Lipinski definition) is 0. The van der Waals surface area contributed by atoms with Crippen molar-refractivity contribution in [1.82, 2.24) is 0 Å². The highest BCUT2D eigenvalue weighted by atomic mass is 79.9. The summed E-state index contributed by atoms with van der Waals surface area (Å²) >= 11 is 7.07. The van der Waals surface area contributed by atoms with Gasteiger partial charge in [0.05, 0.1) is 18.6 Å². The molecule has 0 saturated carbocycles. The lowest BCUT2D eigenvalue weighted by molar-refractivity contribution is 0.494. The second-order valence-corrected chi connectivity index (χ2v) is 5.52. The van der Waals surface area contributed by atoms with Crippen LogP contribution in [0.15, 0.2) is 10.1 Å². The summed E-state index contributed by atoms with van der Waals surface area (Å²) in [7, 11) is 0. The van der Waals surface area contributed by atoms with Crippen molar-refractivity contribution >= 4 is 31.9 Å². The monoisotopic (exact) mass is 316 g/mol. The highest BCUT2D eigenvalue weighted by Gasteiger charge is 2.26. The molecule has 0 aromatic rings. The van der Waals surface area contributed by atoms with Crippen LogP contribution in [-0.2, 0) is 0 Å². The van der Waals surface area contributed by atoms with E-state index in [2.05, 4.69) is 44.0 Å². The zero-order valence-corrected chi connectivity index (χ0v) is 10.8. The van der Waals surface area contributed by atoms with Gasteiger partial charge in [0.25, 0.3) is 0 Å². The maximum Gasteiger partial charge on any atom is 0.0666 e. The molecule has 0 aromatic heterocycles. The van der Waals surface area contributed by atoms with Crippen LogP contribution in [0.25, 0.3) is 0 Å². The van der Waals surface area contributed by atoms with Gasteiger partial charge in [-0.25, -0.2) is 0 Å². The molecule has 0 saturated heterocycles. The van der Waals surface area contributed by atoms with E-state index in [0.29, 0.717) is 23.6 Å². The maximum absolute atomic E-state index is 8.64. The fraction of sp³-hybridized carbons (Fsp3) is 0.600. The van der Waals surface area contributed by atoms with Crippen LogP contribution in [-0.4, -0.2) is 4.83 Å². The van der Waals surface area contributed by atoms with Crippen molar-refractivity contribution in [3.05, 3.63) is 10.1 Å². The summed E-state index contributed by atoms with van der Waals surface area (Å²) in [5.41, 5.74) is 1.17. The van der Waals surface area contributed by atoms with E-state index in [1.54, 1.807) is 0 Å². The zero-order valence-electron chi connectivity index (χ0n) is 7.63. The molecule has 0 fully saturated rings. The molecule has 1 aliphatic carbocycles. The smallest absolute Gasteiger partial charge is 0.0666 e. The van der Waals surface area contributed by atoms with Crippen LogP contribution in [0.2, 0.25) is 0 Å². The number of nitriles is 2. The average molecular weight is 318 g/mol. The van der Waals surface area contributed by atoms with Gasteiger partial charge >= 0.3 is 0 Å².